The van der Waals surface area contributed by atoms with Crippen LogP contribution in [0.5, 0.6) is 5.75 Å². The van der Waals surface area contributed by atoms with Crippen molar-refractivity contribution in [2.45, 2.75) is 39.5 Å². The van der Waals surface area contributed by atoms with Gasteiger partial charge in [-0.15, -0.1) is 11.3 Å². The average molecular weight is 395 g/mol. The third-order valence-corrected chi connectivity index (χ3v) is 5.30. The van der Waals surface area contributed by atoms with Crippen LogP contribution in [0.3, 0.4) is 0 Å². The van der Waals surface area contributed by atoms with Gasteiger partial charge in [-0.25, -0.2) is 4.98 Å². The van der Waals surface area contributed by atoms with E-state index in [-0.39, 0.29) is 5.91 Å². The van der Waals surface area contributed by atoms with Crippen molar-refractivity contribution in [1.82, 2.24) is 4.98 Å². The number of carbonyl (C=O) groups is 1. The molecular formula is C23H26N2O2S. The molecule has 1 heterocycles. The highest BCUT2D eigenvalue weighted by molar-refractivity contribution is 7.15. The van der Waals surface area contributed by atoms with E-state index in [1.54, 1.807) is 6.07 Å². The summed E-state index contributed by atoms with van der Waals surface area (Å²) < 4.78 is 5.68. The van der Waals surface area contributed by atoms with Crippen molar-refractivity contribution in [3.05, 3.63) is 76.3 Å². The number of rotatable bonds is 8. The number of hydrogen-bond acceptors (Lipinski definition) is 4. The van der Waals surface area contributed by atoms with Gasteiger partial charge in [0, 0.05) is 17.5 Å². The Morgan fingerprint density at radius 1 is 1.14 bits per heavy atom. The average Bonchev–Trinajstić information content (AvgIpc) is 3.13. The first kappa shape index (κ1) is 20.1. The normalized spacial score (nSPS) is 10.9. The van der Waals surface area contributed by atoms with Gasteiger partial charge in [-0.2, -0.15) is 0 Å². The lowest BCUT2D eigenvalue weighted by Gasteiger charge is -2.09. The van der Waals surface area contributed by atoms with Crippen molar-refractivity contribution < 1.29 is 9.53 Å². The summed E-state index contributed by atoms with van der Waals surface area (Å²) in [4.78, 5) is 18.1. The minimum atomic E-state index is -0.200. The third kappa shape index (κ3) is 5.20. The Bertz CT molecular complexity index is 916. The van der Waals surface area contributed by atoms with Crippen LogP contribution < -0.4 is 10.1 Å². The first-order chi connectivity index (χ1) is 13.6. The predicted molar refractivity (Wildman–Crippen MR) is 116 cm³/mol. The molecule has 0 aliphatic rings. The summed E-state index contributed by atoms with van der Waals surface area (Å²) in [5, 5.41) is 3.49. The first-order valence-electron chi connectivity index (χ1n) is 9.63. The molecule has 4 nitrogen and oxygen atoms in total. The molecule has 0 saturated carbocycles. The van der Waals surface area contributed by atoms with Gasteiger partial charge in [-0.05, 0) is 35.6 Å². The van der Waals surface area contributed by atoms with Crippen LogP contribution in [0.15, 0.2) is 54.7 Å². The third-order valence-electron chi connectivity index (χ3n) is 4.39. The number of carbonyl (C=O) groups excluding carboxylic acids is 1. The van der Waals surface area contributed by atoms with E-state index in [0.717, 1.165) is 17.7 Å². The fraction of sp³-hybridized carbons (Fsp3) is 0.304. The molecule has 28 heavy (non-hydrogen) atoms. The van der Waals surface area contributed by atoms with E-state index in [2.05, 4.69) is 48.4 Å². The number of para-hydroxylation sites is 1. The quantitative estimate of drug-likeness (QED) is 0.517. The van der Waals surface area contributed by atoms with E-state index < -0.39 is 0 Å². The Kier molecular flexibility index (Phi) is 6.82. The maximum Gasteiger partial charge on any atom is 0.261 e. The Morgan fingerprint density at radius 3 is 2.61 bits per heavy atom. The van der Waals surface area contributed by atoms with Crippen LogP contribution in [0.4, 0.5) is 5.13 Å². The maximum absolute atomic E-state index is 12.6. The second-order valence-electron chi connectivity index (χ2n) is 7.00. The van der Waals surface area contributed by atoms with Crippen LogP contribution in [0.1, 0.15) is 59.5 Å². The van der Waals surface area contributed by atoms with Gasteiger partial charge in [0.05, 0.1) is 12.2 Å². The van der Waals surface area contributed by atoms with Gasteiger partial charge < -0.3 is 4.74 Å². The molecule has 0 unspecified atom stereocenters. The minimum absolute atomic E-state index is 0.200. The number of anilines is 1. The molecule has 3 rings (SSSR count). The zero-order valence-electron chi connectivity index (χ0n) is 16.6. The highest BCUT2D eigenvalue weighted by atomic mass is 32.1. The van der Waals surface area contributed by atoms with E-state index in [1.165, 1.54) is 22.5 Å². The summed E-state index contributed by atoms with van der Waals surface area (Å²) in [5.41, 5.74) is 3.10. The van der Waals surface area contributed by atoms with Gasteiger partial charge in [0.1, 0.15) is 5.75 Å². The van der Waals surface area contributed by atoms with Gasteiger partial charge in [0.25, 0.3) is 5.91 Å². The Morgan fingerprint density at radius 2 is 1.89 bits per heavy atom. The number of aromatic nitrogens is 1. The molecule has 0 radical (unpaired) electrons. The lowest BCUT2D eigenvalue weighted by molar-refractivity contribution is 0.102. The molecule has 146 valence electrons. The Balaban J connectivity index is 1.65. The number of hydrogen-bond donors (Lipinski definition) is 1. The molecule has 1 N–H and O–H groups in total. The van der Waals surface area contributed by atoms with Gasteiger partial charge >= 0.3 is 0 Å². The molecule has 0 bridgehead atoms. The van der Waals surface area contributed by atoms with E-state index in [9.17, 15) is 4.79 Å². The molecule has 0 spiro atoms. The molecule has 1 aromatic heterocycles. The molecule has 0 saturated heterocycles. The monoisotopic (exact) mass is 394 g/mol. The zero-order valence-corrected chi connectivity index (χ0v) is 17.4. The summed E-state index contributed by atoms with van der Waals surface area (Å²) in [5.74, 6) is 0.932. The molecule has 0 fully saturated rings. The van der Waals surface area contributed by atoms with E-state index in [0.29, 0.717) is 29.0 Å². The van der Waals surface area contributed by atoms with Gasteiger partial charge in [-0.1, -0.05) is 57.2 Å². The second-order valence-corrected chi connectivity index (χ2v) is 8.12. The molecule has 5 heteroatoms. The fourth-order valence-electron chi connectivity index (χ4n) is 2.83. The van der Waals surface area contributed by atoms with Crippen LogP contribution in [-0.2, 0) is 6.42 Å². The number of amides is 1. The molecule has 1 amide bonds. The standard InChI is InChI=1S/C23H26N2O2S/c1-4-13-27-21-8-6-5-7-20(21)22(26)25-23-24-15-19(28-23)14-17-9-11-18(12-10-17)16(2)3/h5-12,15-16H,4,13-14H2,1-3H3,(H,24,25,26). The lowest BCUT2D eigenvalue weighted by Crippen LogP contribution is -2.13. The van der Waals surface area contributed by atoms with E-state index in [1.807, 2.05) is 31.3 Å². The number of ether oxygens (including phenoxy) is 1. The van der Waals surface area contributed by atoms with Crippen molar-refractivity contribution in [3.8, 4) is 5.75 Å². The molecule has 0 aliphatic heterocycles. The summed E-state index contributed by atoms with van der Waals surface area (Å²) in [7, 11) is 0. The van der Waals surface area contributed by atoms with Crippen molar-refractivity contribution >= 4 is 22.4 Å². The Labute approximate surface area is 170 Å². The summed E-state index contributed by atoms with van der Waals surface area (Å²) in [6.07, 6.45) is 3.53. The first-order valence-corrected chi connectivity index (χ1v) is 10.4. The highest BCUT2D eigenvalue weighted by Gasteiger charge is 2.14. The highest BCUT2D eigenvalue weighted by Crippen LogP contribution is 2.25. The van der Waals surface area contributed by atoms with Gasteiger partial charge in [0.15, 0.2) is 5.13 Å². The van der Waals surface area contributed by atoms with Crippen molar-refractivity contribution in [3.63, 3.8) is 0 Å². The maximum atomic E-state index is 12.6. The Hall–Kier alpha value is -2.66. The SMILES string of the molecule is CCCOc1ccccc1C(=O)Nc1ncc(Cc2ccc(C(C)C)cc2)s1. The molecule has 2 aromatic carbocycles. The number of thiazole rings is 1. The molecular weight excluding hydrogens is 368 g/mol. The van der Waals surface area contributed by atoms with Gasteiger partial charge in [-0.3, -0.25) is 10.1 Å². The number of benzene rings is 2. The van der Waals surface area contributed by atoms with Gasteiger partial charge in [0.2, 0.25) is 0 Å². The number of nitrogens with zero attached hydrogens (tertiary/aromatic N) is 1. The fourth-order valence-corrected chi connectivity index (χ4v) is 3.67. The largest absolute Gasteiger partial charge is 0.493 e. The van der Waals surface area contributed by atoms with Crippen LogP contribution >= 0.6 is 11.3 Å². The second kappa shape index (κ2) is 9.51. The summed E-state index contributed by atoms with van der Waals surface area (Å²) in [6, 6.07) is 16.0. The van der Waals surface area contributed by atoms with Crippen LogP contribution in [-0.4, -0.2) is 17.5 Å². The van der Waals surface area contributed by atoms with Crippen molar-refractivity contribution in [2.75, 3.05) is 11.9 Å². The molecule has 0 atom stereocenters. The van der Waals surface area contributed by atoms with Crippen LogP contribution in [0.2, 0.25) is 0 Å². The summed E-state index contributed by atoms with van der Waals surface area (Å²) in [6.45, 7) is 7.01. The molecule has 3 aromatic rings. The molecule has 0 aliphatic carbocycles. The minimum Gasteiger partial charge on any atom is -0.493 e. The topological polar surface area (TPSA) is 51.2 Å². The van der Waals surface area contributed by atoms with Crippen LogP contribution in [0, 0.1) is 0 Å². The van der Waals surface area contributed by atoms with E-state index >= 15 is 0 Å². The number of nitrogens with one attached hydrogen (secondary N) is 1. The smallest absolute Gasteiger partial charge is 0.261 e. The van der Waals surface area contributed by atoms with Crippen molar-refractivity contribution in [2.24, 2.45) is 0 Å². The van der Waals surface area contributed by atoms with Crippen LogP contribution in [0.25, 0.3) is 0 Å². The zero-order chi connectivity index (χ0) is 19.9. The lowest BCUT2D eigenvalue weighted by atomic mass is 10.0. The van der Waals surface area contributed by atoms with Crippen molar-refractivity contribution in [1.29, 1.82) is 0 Å². The van der Waals surface area contributed by atoms with E-state index in [4.69, 9.17) is 4.74 Å². The predicted octanol–water partition coefficient (Wildman–Crippen LogP) is 5.90. The summed E-state index contributed by atoms with van der Waals surface area (Å²) >= 11 is 1.50.